The SMILES string of the molecule is O=C(O)C(F)(F)F.O=C(O)C(F)(F)F.O=C(O)[C@@H]1C[C@H]2C[C@@H](Nc3cccc(F)c3-c3nn[nH]n3)CC[C@H]2CN1. The molecule has 0 spiro atoms. The highest BCUT2D eigenvalue weighted by Crippen LogP contribution is 2.38. The number of piperidine rings is 1. The van der Waals surface area contributed by atoms with Crippen LogP contribution < -0.4 is 10.6 Å². The molecule has 1 aromatic heterocycles. The summed E-state index contributed by atoms with van der Waals surface area (Å²) < 4.78 is 77.8. The number of benzene rings is 1. The number of nitrogens with zero attached hydrogens (tertiary/aromatic N) is 3. The second-order valence-corrected chi connectivity index (χ2v) is 8.71. The second kappa shape index (κ2) is 13.4. The van der Waals surface area contributed by atoms with Crippen LogP contribution in [0.4, 0.5) is 36.4 Å². The molecule has 6 N–H and O–H groups in total. The van der Waals surface area contributed by atoms with E-state index in [0.717, 1.165) is 25.8 Å². The van der Waals surface area contributed by atoms with Crippen LogP contribution in [0, 0.1) is 17.7 Å². The number of hydrogen-bond donors (Lipinski definition) is 6. The summed E-state index contributed by atoms with van der Waals surface area (Å²) >= 11 is 0. The van der Waals surface area contributed by atoms with Crippen LogP contribution in [-0.2, 0) is 14.4 Å². The van der Waals surface area contributed by atoms with Crippen molar-refractivity contribution in [3.63, 3.8) is 0 Å². The summed E-state index contributed by atoms with van der Waals surface area (Å²) in [5.41, 5.74) is 0.940. The van der Waals surface area contributed by atoms with Crippen molar-refractivity contribution in [1.82, 2.24) is 25.9 Å². The van der Waals surface area contributed by atoms with Crippen molar-refractivity contribution >= 4 is 23.6 Å². The van der Waals surface area contributed by atoms with Gasteiger partial charge in [0.05, 0.1) is 5.56 Å². The van der Waals surface area contributed by atoms with Gasteiger partial charge in [-0.25, -0.2) is 14.0 Å². The van der Waals surface area contributed by atoms with E-state index in [4.69, 9.17) is 19.8 Å². The van der Waals surface area contributed by atoms with Gasteiger partial charge in [0.2, 0.25) is 5.82 Å². The molecule has 19 heteroatoms. The standard InChI is InChI=1S/C17H21FN6O2.2C2HF3O2/c18-12-2-1-3-13(15(12)16-21-23-24-22-16)20-11-5-4-9-8-19-14(17(25)26)7-10(9)6-11;2*3-2(4,5)1(6)7/h1-3,9-11,14,19-20H,4-8H2,(H,25,26)(H,21,22,23,24);2*(H,6,7)/t9-,10+,11-,14-;;/m0../s1. The van der Waals surface area contributed by atoms with Crippen molar-refractivity contribution < 1.29 is 60.4 Å². The van der Waals surface area contributed by atoms with E-state index in [1.807, 2.05) is 6.07 Å². The number of halogens is 7. The summed E-state index contributed by atoms with van der Waals surface area (Å²) in [5.74, 6) is -5.63. The third-order valence-electron chi connectivity index (χ3n) is 6.03. The molecule has 1 aliphatic heterocycles. The van der Waals surface area contributed by atoms with Crippen molar-refractivity contribution in [2.75, 3.05) is 11.9 Å². The molecular formula is C21H23F7N6O6. The molecule has 2 aliphatic rings. The smallest absolute Gasteiger partial charge is 0.480 e. The first kappa shape index (κ1) is 32.2. The van der Waals surface area contributed by atoms with Crippen LogP contribution >= 0.6 is 0 Å². The van der Waals surface area contributed by atoms with Gasteiger partial charge in [-0.3, -0.25) is 4.79 Å². The largest absolute Gasteiger partial charge is 0.490 e. The molecule has 40 heavy (non-hydrogen) atoms. The number of aliphatic carboxylic acids is 3. The molecule has 4 rings (SSSR count). The van der Waals surface area contributed by atoms with E-state index in [1.165, 1.54) is 6.07 Å². The molecule has 12 nitrogen and oxygen atoms in total. The Kier molecular flexibility index (Phi) is 10.7. The molecule has 0 radical (unpaired) electrons. The fraction of sp³-hybridized carbons (Fsp3) is 0.524. The van der Waals surface area contributed by atoms with Gasteiger partial charge >= 0.3 is 30.3 Å². The van der Waals surface area contributed by atoms with Gasteiger partial charge < -0.3 is 26.0 Å². The second-order valence-electron chi connectivity index (χ2n) is 8.71. The minimum atomic E-state index is -5.08. The summed E-state index contributed by atoms with van der Waals surface area (Å²) in [6.07, 6.45) is -6.67. The van der Waals surface area contributed by atoms with Crippen molar-refractivity contribution in [2.45, 2.75) is 50.1 Å². The van der Waals surface area contributed by atoms with Crippen molar-refractivity contribution in [1.29, 1.82) is 0 Å². The highest BCUT2D eigenvalue weighted by atomic mass is 19.4. The lowest BCUT2D eigenvalue weighted by atomic mass is 9.72. The van der Waals surface area contributed by atoms with Crippen LogP contribution in [0.5, 0.6) is 0 Å². The van der Waals surface area contributed by atoms with Crippen molar-refractivity contribution in [3.05, 3.63) is 24.0 Å². The average molecular weight is 588 g/mol. The Hall–Kier alpha value is -4.03. The highest BCUT2D eigenvalue weighted by molar-refractivity contribution is 5.75. The van der Waals surface area contributed by atoms with Crippen LogP contribution in [-0.4, -0.2) is 84.8 Å². The number of fused-ring (bicyclic) bond motifs is 1. The fourth-order valence-electron chi connectivity index (χ4n) is 4.24. The third-order valence-corrected chi connectivity index (χ3v) is 6.03. The third kappa shape index (κ3) is 9.31. The lowest BCUT2D eigenvalue weighted by molar-refractivity contribution is -0.193. The van der Waals surface area contributed by atoms with E-state index < -0.39 is 42.1 Å². The van der Waals surface area contributed by atoms with E-state index in [2.05, 4.69) is 31.3 Å². The maximum absolute atomic E-state index is 14.3. The number of aromatic nitrogens is 4. The number of carboxylic acid groups (broad SMARTS) is 3. The topological polar surface area (TPSA) is 190 Å². The van der Waals surface area contributed by atoms with Crippen LogP contribution in [0.1, 0.15) is 25.7 Å². The molecule has 2 aromatic rings. The van der Waals surface area contributed by atoms with E-state index >= 15 is 0 Å². The summed E-state index contributed by atoms with van der Waals surface area (Å²) in [6.45, 7) is 0.752. The zero-order valence-electron chi connectivity index (χ0n) is 20.1. The minimum Gasteiger partial charge on any atom is -0.480 e. The number of hydrogen-bond acceptors (Lipinski definition) is 8. The monoisotopic (exact) mass is 588 g/mol. The number of alkyl halides is 6. The molecule has 4 atom stereocenters. The van der Waals surface area contributed by atoms with Crippen molar-refractivity contribution in [3.8, 4) is 11.4 Å². The molecule has 2 fully saturated rings. The summed E-state index contributed by atoms with van der Waals surface area (Å²) in [7, 11) is 0. The summed E-state index contributed by atoms with van der Waals surface area (Å²) in [5, 5.41) is 43.7. The Morgan fingerprint density at radius 3 is 2.02 bits per heavy atom. The molecule has 1 aliphatic carbocycles. The maximum Gasteiger partial charge on any atom is 0.490 e. The van der Waals surface area contributed by atoms with Gasteiger partial charge in [-0.2, -0.15) is 31.6 Å². The van der Waals surface area contributed by atoms with E-state index in [1.54, 1.807) is 6.07 Å². The van der Waals surface area contributed by atoms with Crippen LogP contribution in [0.25, 0.3) is 11.4 Å². The molecular weight excluding hydrogens is 565 g/mol. The molecule has 1 saturated heterocycles. The number of tetrazole rings is 1. The number of H-pyrrole nitrogens is 1. The number of carboxylic acids is 3. The molecule has 0 unspecified atom stereocenters. The lowest BCUT2D eigenvalue weighted by Gasteiger charge is -2.42. The van der Waals surface area contributed by atoms with Gasteiger partial charge in [-0.15, -0.1) is 10.2 Å². The zero-order chi connectivity index (χ0) is 30.3. The summed E-state index contributed by atoms with van der Waals surface area (Å²) in [6, 6.07) is 4.52. The van der Waals surface area contributed by atoms with Gasteiger partial charge in [0, 0.05) is 11.7 Å². The minimum absolute atomic E-state index is 0.163. The molecule has 2 heterocycles. The average Bonchev–Trinajstić information content (AvgIpc) is 3.37. The predicted molar refractivity (Wildman–Crippen MR) is 119 cm³/mol. The van der Waals surface area contributed by atoms with Crippen LogP contribution in [0.3, 0.4) is 0 Å². The van der Waals surface area contributed by atoms with Crippen LogP contribution in [0.15, 0.2) is 18.2 Å². The molecule has 1 saturated carbocycles. The number of carbonyl (C=O) groups is 3. The predicted octanol–water partition coefficient (Wildman–Crippen LogP) is 2.92. The first-order chi connectivity index (χ1) is 18.5. The Labute approximate surface area is 219 Å². The Morgan fingerprint density at radius 1 is 0.925 bits per heavy atom. The summed E-state index contributed by atoms with van der Waals surface area (Å²) in [4.78, 5) is 29.1. The van der Waals surface area contributed by atoms with Gasteiger partial charge in [-0.05, 0) is 61.4 Å². The van der Waals surface area contributed by atoms with Gasteiger partial charge in [-0.1, -0.05) is 6.07 Å². The van der Waals surface area contributed by atoms with E-state index in [-0.39, 0.29) is 11.9 Å². The molecule has 222 valence electrons. The molecule has 0 amide bonds. The lowest BCUT2D eigenvalue weighted by Crippen LogP contribution is -2.50. The van der Waals surface area contributed by atoms with E-state index in [0.29, 0.717) is 29.5 Å². The van der Waals surface area contributed by atoms with E-state index in [9.17, 15) is 40.6 Å². The number of nitrogens with one attached hydrogen (secondary N) is 3. The van der Waals surface area contributed by atoms with Gasteiger partial charge in [0.25, 0.3) is 0 Å². The number of aromatic amines is 1. The number of rotatable bonds is 4. The number of anilines is 1. The van der Waals surface area contributed by atoms with Gasteiger partial charge in [0.15, 0.2) is 0 Å². The van der Waals surface area contributed by atoms with Gasteiger partial charge in [0.1, 0.15) is 11.9 Å². The normalized spacial score (nSPS) is 22.4. The maximum atomic E-state index is 14.3. The Morgan fingerprint density at radius 2 is 1.52 bits per heavy atom. The van der Waals surface area contributed by atoms with Crippen LogP contribution in [0.2, 0.25) is 0 Å². The molecule has 1 aromatic carbocycles. The quantitative estimate of drug-likeness (QED) is 0.288. The Bertz CT molecular complexity index is 1140. The fourth-order valence-corrected chi connectivity index (χ4v) is 4.24. The first-order valence-electron chi connectivity index (χ1n) is 11.4. The first-order valence-corrected chi connectivity index (χ1v) is 11.4. The highest BCUT2D eigenvalue weighted by Gasteiger charge is 2.39. The zero-order valence-corrected chi connectivity index (χ0v) is 20.1. The Balaban J connectivity index is 0.000000333. The molecule has 0 bridgehead atoms. The van der Waals surface area contributed by atoms with Crippen molar-refractivity contribution in [2.24, 2.45) is 11.8 Å².